The SMILES string of the molecule is COCC(C)N1CC(C(=O)N2CCc3nc4scc(C)c4c(=O)n3CC2)CC1=O. The van der Waals surface area contributed by atoms with Crippen LogP contribution in [0.3, 0.4) is 0 Å². The van der Waals surface area contributed by atoms with Gasteiger partial charge in [-0.3, -0.25) is 19.0 Å². The number of hydrogen-bond donors (Lipinski definition) is 0. The number of methoxy groups -OCH3 is 1. The number of fused-ring (bicyclic) bond motifs is 2. The molecule has 29 heavy (non-hydrogen) atoms. The van der Waals surface area contributed by atoms with E-state index in [0.29, 0.717) is 44.6 Å². The number of carbonyl (C=O) groups excluding carboxylic acids is 2. The molecule has 2 amide bonds. The summed E-state index contributed by atoms with van der Waals surface area (Å²) in [6.45, 7) is 6.15. The van der Waals surface area contributed by atoms with E-state index in [1.807, 2.05) is 19.2 Å². The highest BCUT2D eigenvalue weighted by Crippen LogP contribution is 2.24. The molecule has 0 aromatic carbocycles. The van der Waals surface area contributed by atoms with E-state index in [2.05, 4.69) is 4.98 Å². The summed E-state index contributed by atoms with van der Waals surface area (Å²) in [6.07, 6.45) is 0.780. The van der Waals surface area contributed by atoms with Crippen LogP contribution in [0.4, 0.5) is 0 Å². The van der Waals surface area contributed by atoms with Gasteiger partial charge in [-0.1, -0.05) is 0 Å². The Hall–Kier alpha value is -2.26. The van der Waals surface area contributed by atoms with E-state index in [1.54, 1.807) is 21.5 Å². The smallest absolute Gasteiger partial charge is 0.262 e. The van der Waals surface area contributed by atoms with Crippen LogP contribution in [0.15, 0.2) is 10.2 Å². The average molecular weight is 419 g/mol. The van der Waals surface area contributed by atoms with Gasteiger partial charge in [0.1, 0.15) is 10.7 Å². The molecule has 2 unspecified atom stereocenters. The van der Waals surface area contributed by atoms with Gasteiger partial charge in [-0.15, -0.1) is 11.3 Å². The number of aryl methyl sites for hydroxylation is 1. The van der Waals surface area contributed by atoms with E-state index in [1.165, 1.54) is 11.3 Å². The summed E-state index contributed by atoms with van der Waals surface area (Å²) in [4.78, 5) is 47.4. The zero-order valence-electron chi connectivity index (χ0n) is 17.0. The summed E-state index contributed by atoms with van der Waals surface area (Å²) < 4.78 is 6.86. The molecule has 1 fully saturated rings. The molecular weight excluding hydrogens is 392 g/mol. The molecule has 2 aliphatic rings. The second-order valence-corrected chi connectivity index (χ2v) is 8.77. The van der Waals surface area contributed by atoms with E-state index in [9.17, 15) is 14.4 Å². The van der Waals surface area contributed by atoms with Gasteiger partial charge in [0.25, 0.3) is 5.56 Å². The van der Waals surface area contributed by atoms with Gasteiger partial charge in [-0.25, -0.2) is 4.98 Å². The molecule has 2 aliphatic heterocycles. The molecule has 8 nitrogen and oxygen atoms in total. The predicted octanol–water partition coefficient (Wildman–Crippen LogP) is 1.03. The molecule has 156 valence electrons. The zero-order chi connectivity index (χ0) is 20.7. The topological polar surface area (TPSA) is 84.7 Å². The highest BCUT2D eigenvalue weighted by molar-refractivity contribution is 7.16. The normalized spacial score (nSPS) is 20.8. The van der Waals surface area contributed by atoms with Crippen molar-refractivity contribution in [3.05, 3.63) is 27.1 Å². The Balaban J connectivity index is 1.49. The summed E-state index contributed by atoms with van der Waals surface area (Å²) in [5.41, 5.74) is 0.929. The third-order valence-corrected chi connectivity index (χ3v) is 6.90. The lowest BCUT2D eigenvalue weighted by atomic mass is 10.1. The van der Waals surface area contributed by atoms with Crippen LogP contribution in [0.1, 0.15) is 24.7 Å². The lowest BCUT2D eigenvalue weighted by molar-refractivity contribution is -0.135. The highest BCUT2D eigenvalue weighted by Gasteiger charge is 2.38. The van der Waals surface area contributed by atoms with E-state index in [4.69, 9.17) is 4.74 Å². The van der Waals surface area contributed by atoms with E-state index < -0.39 is 0 Å². The van der Waals surface area contributed by atoms with Gasteiger partial charge >= 0.3 is 0 Å². The van der Waals surface area contributed by atoms with Gasteiger partial charge < -0.3 is 14.5 Å². The Bertz CT molecular complexity index is 1010. The van der Waals surface area contributed by atoms with Crippen LogP contribution in [0.5, 0.6) is 0 Å². The van der Waals surface area contributed by atoms with Crippen molar-refractivity contribution in [3.63, 3.8) is 0 Å². The van der Waals surface area contributed by atoms with E-state index in [-0.39, 0.29) is 35.8 Å². The van der Waals surface area contributed by atoms with Gasteiger partial charge in [0.15, 0.2) is 0 Å². The third kappa shape index (κ3) is 3.57. The maximum atomic E-state index is 13.1. The fourth-order valence-electron chi connectivity index (χ4n) is 4.32. The van der Waals surface area contributed by atoms with Crippen LogP contribution in [-0.2, 0) is 27.3 Å². The molecule has 1 saturated heterocycles. The fraction of sp³-hybridized carbons (Fsp3) is 0.600. The van der Waals surface area contributed by atoms with Gasteiger partial charge in [0.05, 0.1) is 24.0 Å². The molecule has 0 aliphatic carbocycles. The number of aromatic nitrogens is 2. The maximum absolute atomic E-state index is 13.1. The molecule has 0 saturated carbocycles. The molecule has 0 radical (unpaired) electrons. The number of thiophene rings is 1. The first kappa shape index (κ1) is 20.0. The molecule has 2 aromatic heterocycles. The number of amides is 2. The molecule has 0 bridgehead atoms. The Morgan fingerprint density at radius 1 is 1.34 bits per heavy atom. The van der Waals surface area contributed by atoms with Crippen LogP contribution in [0.25, 0.3) is 10.2 Å². The van der Waals surface area contributed by atoms with Crippen molar-refractivity contribution in [3.8, 4) is 0 Å². The minimum atomic E-state index is -0.335. The Labute approximate surface area is 173 Å². The van der Waals surface area contributed by atoms with Gasteiger partial charge in [-0.05, 0) is 24.8 Å². The minimum Gasteiger partial charge on any atom is -0.383 e. The minimum absolute atomic E-state index is 0.000364. The van der Waals surface area contributed by atoms with Crippen LogP contribution >= 0.6 is 11.3 Å². The van der Waals surface area contributed by atoms with Gasteiger partial charge in [0.2, 0.25) is 11.8 Å². The molecule has 4 heterocycles. The van der Waals surface area contributed by atoms with Crippen molar-refractivity contribution < 1.29 is 14.3 Å². The largest absolute Gasteiger partial charge is 0.383 e. The second-order valence-electron chi connectivity index (χ2n) is 7.91. The summed E-state index contributed by atoms with van der Waals surface area (Å²) in [6, 6.07) is -0.0438. The summed E-state index contributed by atoms with van der Waals surface area (Å²) in [7, 11) is 1.61. The quantitative estimate of drug-likeness (QED) is 0.741. The van der Waals surface area contributed by atoms with Crippen molar-refractivity contribution in [2.24, 2.45) is 5.92 Å². The van der Waals surface area contributed by atoms with E-state index >= 15 is 0 Å². The van der Waals surface area contributed by atoms with Gasteiger partial charge in [0, 0.05) is 46.1 Å². The highest BCUT2D eigenvalue weighted by atomic mass is 32.1. The summed E-state index contributed by atoms with van der Waals surface area (Å²) in [5, 5.41) is 2.64. The predicted molar refractivity (Wildman–Crippen MR) is 110 cm³/mol. The third-order valence-electron chi connectivity index (χ3n) is 5.91. The average Bonchev–Trinajstić information content (AvgIpc) is 3.18. The van der Waals surface area contributed by atoms with Crippen molar-refractivity contribution in [2.45, 2.75) is 39.3 Å². The van der Waals surface area contributed by atoms with Crippen molar-refractivity contribution >= 4 is 33.4 Å². The number of rotatable bonds is 4. The monoisotopic (exact) mass is 418 g/mol. The zero-order valence-corrected chi connectivity index (χ0v) is 17.8. The maximum Gasteiger partial charge on any atom is 0.262 e. The standard InChI is InChI=1S/C20H26N4O4S/c1-12-11-29-18-17(12)20(27)23-7-6-22(5-4-15(23)21-18)19(26)14-8-16(25)24(9-14)13(2)10-28-3/h11,13-14H,4-10H2,1-3H3. The first-order valence-corrected chi connectivity index (χ1v) is 10.8. The van der Waals surface area contributed by atoms with Crippen LogP contribution in [0, 0.1) is 12.8 Å². The van der Waals surface area contributed by atoms with Crippen LogP contribution in [0.2, 0.25) is 0 Å². The number of nitrogens with zero attached hydrogens (tertiary/aromatic N) is 4. The van der Waals surface area contributed by atoms with Crippen LogP contribution < -0.4 is 5.56 Å². The lowest BCUT2D eigenvalue weighted by Crippen LogP contribution is -2.41. The van der Waals surface area contributed by atoms with Crippen molar-refractivity contribution in [2.75, 3.05) is 33.4 Å². The number of carbonyl (C=O) groups is 2. The Morgan fingerprint density at radius 3 is 2.90 bits per heavy atom. The Kier molecular flexibility index (Phi) is 5.44. The summed E-state index contributed by atoms with van der Waals surface area (Å²) >= 11 is 1.48. The van der Waals surface area contributed by atoms with Crippen molar-refractivity contribution in [1.29, 1.82) is 0 Å². The number of hydrogen-bond acceptors (Lipinski definition) is 6. The van der Waals surface area contributed by atoms with Gasteiger partial charge in [-0.2, -0.15) is 0 Å². The van der Waals surface area contributed by atoms with Crippen LogP contribution in [-0.4, -0.2) is 70.6 Å². The summed E-state index contributed by atoms with van der Waals surface area (Å²) in [5.74, 6) is 0.389. The first-order valence-electron chi connectivity index (χ1n) is 9.95. The second kappa shape index (κ2) is 7.87. The molecule has 4 rings (SSSR count). The van der Waals surface area contributed by atoms with E-state index in [0.717, 1.165) is 16.2 Å². The number of ether oxygens (including phenoxy) is 1. The first-order chi connectivity index (χ1) is 13.9. The lowest BCUT2D eigenvalue weighted by Gasteiger charge is -2.26. The molecular formula is C20H26N4O4S. The van der Waals surface area contributed by atoms with Crippen molar-refractivity contribution in [1.82, 2.24) is 19.4 Å². The molecule has 2 atom stereocenters. The fourth-order valence-corrected chi connectivity index (χ4v) is 5.26. The molecule has 9 heteroatoms. The number of likely N-dealkylation sites (tertiary alicyclic amines) is 1. The molecule has 0 N–H and O–H groups in total. The molecule has 0 spiro atoms. The Morgan fingerprint density at radius 2 is 2.14 bits per heavy atom. The molecule has 2 aromatic rings.